The van der Waals surface area contributed by atoms with Crippen LogP contribution in [0.2, 0.25) is 0 Å². The first-order chi connectivity index (χ1) is 11.8. The van der Waals surface area contributed by atoms with Crippen molar-refractivity contribution in [2.75, 3.05) is 13.4 Å². The number of carbonyl (C=O) groups is 1. The molecule has 2 aliphatic rings. The van der Waals surface area contributed by atoms with E-state index in [0.29, 0.717) is 23.0 Å². The monoisotopic (exact) mass is 326 g/mol. The highest BCUT2D eigenvalue weighted by Gasteiger charge is 2.27. The number of rotatable bonds is 3. The molecule has 0 bridgehead atoms. The van der Waals surface area contributed by atoms with Crippen LogP contribution in [0.15, 0.2) is 47.6 Å². The van der Waals surface area contributed by atoms with Gasteiger partial charge in [-0.15, -0.1) is 0 Å². The molecule has 2 aromatic rings. The first kappa shape index (κ1) is 14.4. The molecule has 0 aromatic heterocycles. The van der Waals surface area contributed by atoms with Gasteiger partial charge in [0, 0.05) is 0 Å². The quantitative estimate of drug-likeness (QED) is 0.686. The minimum atomic E-state index is -0.742. The number of para-hydroxylation sites is 2. The average molecular weight is 326 g/mol. The van der Waals surface area contributed by atoms with E-state index in [4.69, 9.17) is 18.9 Å². The molecular formula is C17H14N2O5. The summed E-state index contributed by atoms with van der Waals surface area (Å²) in [5.74, 6) is 2.16. The molecule has 1 N–H and O–H groups in total. The van der Waals surface area contributed by atoms with E-state index in [9.17, 15) is 4.79 Å². The lowest BCUT2D eigenvalue weighted by Gasteiger charge is -2.24. The van der Waals surface area contributed by atoms with Crippen LogP contribution in [0.4, 0.5) is 0 Å². The highest BCUT2D eigenvalue weighted by molar-refractivity contribution is 5.85. The predicted molar refractivity (Wildman–Crippen MR) is 84.7 cm³/mol. The zero-order chi connectivity index (χ0) is 16.4. The van der Waals surface area contributed by atoms with Gasteiger partial charge >= 0.3 is 0 Å². The largest absolute Gasteiger partial charge is 0.485 e. The number of benzene rings is 2. The summed E-state index contributed by atoms with van der Waals surface area (Å²) in [6, 6.07) is 12.6. The smallest absolute Gasteiger partial charge is 0.284 e. The van der Waals surface area contributed by atoms with Crippen LogP contribution in [0.1, 0.15) is 5.56 Å². The Kier molecular flexibility index (Phi) is 3.66. The van der Waals surface area contributed by atoms with Crippen molar-refractivity contribution in [2.24, 2.45) is 5.10 Å². The third kappa shape index (κ3) is 2.83. The minimum Gasteiger partial charge on any atom is -0.485 e. The highest BCUT2D eigenvalue weighted by Crippen LogP contribution is 2.32. The standard InChI is InChI=1S/C17H14N2O5/c20-17(16-9-21-12-3-1-2-4-14(12)24-16)19-18-8-11-5-6-13-15(7-11)23-10-22-13/h1-8,16H,9-10H2,(H,19,20)/b18-8-/t16-/m0/s1. The average Bonchev–Trinajstić information content (AvgIpc) is 3.09. The number of hydrazone groups is 1. The van der Waals surface area contributed by atoms with Gasteiger partial charge in [0.15, 0.2) is 23.0 Å². The zero-order valence-electron chi connectivity index (χ0n) is 12.6. The van der Waals surface area contributed by atoms with Crippen LogP contribution in [0.5, 0.6) is 23.0 Å². The molecule has 0 saturated carbocycles. The van der Waals surface area contributed by atoms with Gasteiger partial charge < -0.3 is 18.9 Å². The maximum Gasteiger partial charge on any atom is 0.284 e. The molecule has 0 aliphatic carbocycles. The summed E-state index contributed by atoms with van der Waals surface area (Å²) in [5.41, 5.74) is 3.24. The van der Waals surface area contributed by atoms with Crippen molar-refractivity contribution in [1.29, 1.82) is 0 Å². The van der Waals surface area contributed by atoms with Crippen molar-refractivity contribution < 1.29 is 23.7 Å². The van der Waals surface area contributed by atoms with E-state index in [-0.39, 0.29) is 19.3 Å². The molecule has 2 aliphatic heterocycles. The Morgan fingerprint density at radius 1 is 1.04 bits per heavy atom. The number of nitrogens with one attached hydrogen (secondary N) is 1. The molecule has 4 rings (SSSR count). The molecule has 0 unspecified atom stereocenters. The molecule has 7 nitrogen and oxygen atoms in total. The fraction of sp³-hybridized carbons (Fsp3) is 0.176. The molecule has 2 aromatic carbocycles. The summed E-state index contributed by atoms with van der Waals surface area (Å²) in [7, 11) is 0. The number of nitrogens with zero attached hydrogens (tertiary/aromatic N) is 1. The van der Waals surface area contributed by atoms with Crippen LogP contribution in [0.3, 0.4) is 0 Å². The van der Waals surface area contributed by atoms with Crippen molar-refractivity contribution in [3.8, 4) is 23.0 Å². The molecule has 0 fully saturated rings. The molecule has 1 atom stereocenters. The van der Waals surface area contributed by atoms with E-state index < -0.39 is 6.10 Å². The lowest BCUT2D eigenvalue weighted by Crippen LogP contribution is -2.42. The maximum absolute atomic E-state index is 12.1. The van der Waals surface area contributed by atoms with Crippen LogP contribution < -0.4 is 24.4 Å². The molecule has 24 heavy (non-hydrogen) atoms. The summed E-state index contributed by atoms with van der Waals surface area (Å²) in [6.07, 6.45) is 0.783. The summed E-state index contributed by atoms with van der Waals surface area (Å²) in [6.45, 7) is 0.357. The molecule has 2 heterocycles. The van der Waals surface area contributed by atoms with Gasteiger partial charge in [0.1, 0.15) is 6.61 Å². The van der Waals surface area contributed by atoms with Gasteiger partial charge in [-0.2, -0.15) is 5.10 Å². The van der Waals surface area contributed by atoms with E-state index in [1.54, 1.807) is 24.3 Å². The van der Waals surface area contributed by atoms with Gasteiger partial charge in [-0.1, -0.05) is 12.1 Å². The normalized spacial score (nSPS) is 17.8. The SMILES string of the molecule is O=C(N/N=C\c1ccc2c(c1)OCO2)[C@@H]1COc2ccccc2O1. The van der Waals surface area contributed by atoms with Gasteiger partial charge in [0.2, 0.25) is 12.9 Å². The molecule has 122 valence electrons. The molecular weight excluding hydrogens is 312 g/mol. The van der Waals surface area contributed by atoms with Crippen molar-refractivity contribution in [1.82, 2.24) is 5.43 Å². The van der Waals surface area contributed by atoms with Crippen LogP contribution >= 0.6 is 0 Å². The van der Waals surface area contributed by atoms with E-state index in [1.165, 1.54) is 6.21 Å². The van der Waals surface area contributed by atoms with Gasteiger partial charge in [-0.3, -0.25) is 4.79 Å². The summed E-state index contributed by atoms with van der Waals surface area (Å²) < 4.78 is 21.6. The number of amides is 1. The molecule has 7 heteroatoms. The zero-order valence-corrected chi connectivity index (χ0v) is 12.6. The second-order valence-corrected chi connectivity index (χ2v) is 5.21. The Morgan fingerprint density at radius 3 is 2.75 bits per heavy atom. The molecule has 0 radical (unpaired) electrons. The number of fused-ring (bicyclic) bond motifs is 2. The Balaban J connectivity index is 1.37. The predicted octanol–water partition coefficient (Wildman–Crippen LogP) is 1.71. The first-order valence-corrected chi connectivity index (χ1v) is 7.41. The second-order valence-electron chi connectivity index (χ2n) is 5.21. The van der Waals surface area contributed by atoms with Crippen LogP contribution in [-0.4, -0.2) is 31.6 Å². The fourth-order valence-electron chi connectivity index (χ4n) is 2.38. The number of carbonyl (C=O) groups excluding carboxylic acids is 1. The van der Waals surface area contributed by atoms with Gasteiger partial charge in [0.25, 0.3) is 5.91 Å². The minimum absolute atomic E-state index is 0.141. The van der Waals surface area contributed by atoms with Crippen molar-refractivity contribution in [3.63, 3.8) is 0 Å². The van der Waals surface area contributed by atoms with Gasteiger partial charge in [0.05, 0.1) is 6.21 Å². The van der Waals surface area contributed by atoms with E-state index in [1.807, 2.05) is 18.2 Å². The van der Waals surface area contributed by atoms with Crippen molar-refractivity contribution >= 4 is 12.1 Å². The number of hydrogen-bond acceptors (Lipinski definition) is 6. The Hall–Kier alpha value is -3.22. The van der Waals surface area contributed by atoms with Crippen LogP contribution in [-0.2, 0) is 4.79 Å². The second kappa shape index (κ2) is 6.11. The third-order valence-corrected chi connectivity index (χ3v) is 3.59. The highest BCUT2D eigenvalue weighted by atomic mass is 16.7. The van der Waals surface area contributed by atoms with E-state index in [0.717, 1.165) is 5.56 Å². The topological polar surface area (TPSA) is 78.4 Å². The summed E-state index contributed by atoms with van der Waals surface area (Å²) in [5, 5.41) is 3.94. The number of ether oxygens (including phenoxy) is 4. The lowest BCUT2D eigenvalue weighted by molar-refractivity contribution is -0.130. The van der Waals surface area contributed by atoms with Gasteiger partial charge in [-0.25, -0.2) is 5.43 Å². The summed E-state index contributed by atoms with van der Waals surface area (Å²) in [4.78, 5) is 12.1. The van der Waals surface area contributed by atoms with Crippen molar-refractivity contribution in [3.05, 3.63) is 48.0 Å². The third-order valence-electron chi connectivity index (χ3n) is 3.59. The maximum atomic E-state index is 12.1. The molecule has 1 amide bonds. The Bertz CT molecular complexity index is 805. The lowest BCUT2D eigenvalue weighted by atomic mass is 10.2. The summed E-state index contributed by atoms with van der Waals surface area (Å²) >= 11 is 0. The van der Waals surface area contributed by atoms with Crippen LogP contribution in [0, 0.1) is 0 Å². The van der Waals surface area contributed by atoms with Crippen molar-refractivity contribution in [2.45, 2.75) is 6.10 Å². The molecule has 0 saturated heterocycles. The van der Waals surface area contributed by atoms with E-state index >= 15 is 0 Å². The fourth-order valence-corrected chi connectivity index (χ4v) is 2.38. The molecule has 0 spiro atoms. The Morgan fingerprint density at radius 2 is 1.83 bits per heavy atom. The number of hydrogen-bond donors (Lipinski definition) is 1. The van der Waals surface area contributed by atoms with Gasteiger partial charge in [-0.05, 0) is 35.9 Å². The first-order valence-electron chi connectivity index (χ1n) is 7.41. The van der Waals surface area contributed by atoms with Crippen LogP contribution in [0.25, 0.3) is 0 Å². The Labute approximate surface area is 137 Å². The van der Waals surface area contributed by atoms with E-state index in [2.05, 4.69) is 10.5 Å².